The molecule has 28 heavy (non-hydrogen) atoms. The molecule has 0 saturated carbocycles. The second kappa shape index (κ2) is 7.79. The third kappa shape index (κ3) is 3.73. The summed E-state index contributed by atoms with van der Waals surface area (Å²) in [5.41, 5.74) is 2.20. The molecule has 4 aliphatic rings. The van der Waals surface area contributed by atoms with Crippen molar-refractivity contribution in [2.45, 2.75) is 19.1 Å². The van der Waals surface area contributed by atoms with Crippen molar-refractivity contribution in [2.75, 3.05) is 59.0 Å². The Bertz CT molecular complexity index is 774. The van der Waals surface area contributed by atoms with Crippen LogP contribution in [0.3, 0.4) is 0 Å². The SMILES string of the molecule is O=C1CN(C2CN(Cc3nc4c(s3)CN(Cl)C=C4N3CCOCC3)C2)CCN1. The summed E-state index contributed by atoms with van der Waals surface area (Å²) >= 11 is 8.12. The third-order valence-electron chi connectivity index (χ3n) is 5.77. The number of carbonyl (C=O) groups excluding carboxylic acids is 1. The van der Waals surface area contributed by atoms with Gasteiger partial charge in [0.15, 0.2) is 0 Å². The van der Waals surface area contributed by atoms with Gasteiger partial charge in [0.2, 0.25) is 5.91 Å². The lowest BCUT2D eigenvalue weighted by Gasteiger charge is -2.46. The maximum atomic E-state index is 11.6. The van der Waals surface area contributed by atoms with Gasteiger partial charge in [-0.3, -0.25) is 19.0 Å². The molecule has 0 unspecified atom stereocenters. The fourth-order valence-electron chi connectivity index (χ4n) is 4.25. The Balaban J connectivity index is 1.22. The molecule has 0 radical (unpaired) electrons. The number of nitrogens with one attached hydrogen (secondary N) is 1. The first-order valence-corrected chi connectivity index (χ1v) is 11.0. The highest BCUT2D eigenvalue weighted by Crippen LogP contribution is 2.35. The Hall–Kier alpha value is -1.39. The number of hydrogen-bond acceptors (Lipinski definition) is 8. The van der Waals surface area contributed by atoms with Crippen LogP contribution in [0.5, 0.6) is 0 Å². The van der Waals surface area contributed by atoms with Crippen molar-refractivity contribution in [1.29, 1.82) is 0 Å². The Morgan fingerprint density at radius 1 is 1.25 bits per heavy atom. The van der Waals surface area contributed by atoms with Crippen LogP contribution in [0.2, 0.25) is 0 Å². The predicted molar refractivity (Wildman–Crippen MR) is 108 cm³/mol. The predicted octanol–water partition coefficient (Wildman–Crippen LogP) is 0.359. The molecule has 1 aromatic rings. The number of halogens is 1. The molecule has 152 valence electrons. The Labute approximate surface area is 173 Å². The van der Waals surface area contributed by atoms with Crippen LogP contribution in [0.15, 0.2) is 6.20 Å². The van der Waals surface area contributed by atoms with Gasteiger partial charge < -0.3 is 15.0 Å². The summed E-state index contributed by atoms with van der Waals surface area (Å²) in [5, 5.41) is 4.04. The quantitative estimate of drug-likeness (QED) is 0.700. The number of amides is 1. The average Bonchev–Trinajstić information content (AvgIpc) is 3.06. The molecular weight excluding hydrogens is 400 g/mol. The van der Waals surface area contributed by atoms with Crippen molar-refractivity contribution in [3.05, 3.63) is 21.8 Å². The van der Waals surface area contributed by atoms with Gasteiger partial charge in [-0.15, -0.1) is 11.3 Å². The lowest BCUT2D eigenvalue weighted by molar-refractivity contribution is -0.126. The molecule has 0 aromatic carbocycles. The van der Waals surface area contributed by atoms with Gasteiger partial charge in [-0.1, -0.05) is 0 Å². The molecule has 5 heterocycles. The minimum atomic E-state index is 0.144. The minimum absolute atomic E-state index is 0.144. The topological polar surface area (TPSA) is 64.2 Å². The number of nitrogens with zero attached hydrogens (tertiary/aromatic N) is 5. The van der Waals surface area contributed by atoms with E-state index in [9.17, 15) is 4.79 Å². The molecule has 0 spiro atoms. The van der Waals surface area contributed by atoms with E-state index < -0.39 is 0 Å². The Morgan fingerprint density at radius 2 is 2.07 bits per heavy atom. The van der Waals surface area contributed by atoms with E-state index in [2.05, 4.69) is 20.0 Å². The first-order chi connectivity index (χ1) is 13.7. The highest BCUT2D eigenvalue weighted by Gasteiger charge is 2.35. The highest BCUT2D eigenvalue weighted by molar-refractivity contribution is 7.11. The minimum Gasteiger partial charge on any atom is -0.378 e. The van der Waals surface area contributed by atoms with E-state index in [4.69, 9.17) is 21.5 Å². The van der Waals surface area contributed by atoms with E-state index in [1.54, 1.807) is 15.8 Å². The second-order valence-electron chi connectivity index (χ2n) is 7.72. The van der Waals surface area contributed by atoms with Crippen molar-refractivity contribution in [3.63, 3.8) is 0 Å². The number of likely N-dealkylation sites (tertiary alicyclic amines) is 1. The van der Waals surface area contributed by atoms with Crippen LogP contribution in [-0.2, 0) is 22.6 Å². The van der Waals surface area contributed by atoms with E-state index in [1.165, 1.54) is 4.88 Å². The number of aromatic nitrogens is 1. The maximum Gasteiger partial charge on any atom is 0.234 e. The molecular formula is C18H25ClN6O2S. The zero-order chi connectivity index (χ0) is 19.1. The third-order valence-corrected chi connectivity index (χ3v) is 7.02. The summed E-state index contributed by atoms with van der Waals surface area (Å²) in [6.45, 7) is 9.07. The maximum absolute atomic E-state index is 11.6. The number of ether oxygens (including phenoxy) is 1. The fraction of sp³-hybridized carbons (Fsp3) is 0.667. The average molecular weight is 425 g/mol. The summed E-state index contributed by atoms with van der Waals surface area (Å²) < 4.78 is 7.22. The second-order valence-corrected chi connectivity index (χ2v) is 9.32. The van der Waals surface area contributed by atoms with Crippen molar-refractivity contribution < 1.29 is 9.53 Å². The van der Waals surface area contributed by atoms with Crippen LogP contribution in [0.4, 0.5) is 0 Å². The Morgan fingerprint density at radius 3 is 2.86 bits per heavy atom. The zero-order valence-corrected chi connectivity index (χ0v) is 17.3. The van der Waals surface area contributed by atoms with Crippen LogP contribution in [-0.4, -0.2) is 95.1 Å². The van der Waals surface area contributed by atoms with Gasteiger partial charge in [0.25, 0.3) is 0 Å². The van der Waals surface area contributed by atoms with Gasteiger partial charge >= 0.3 is 0 Å². The molecule has 1 aromatic heterocycles. The summed E-state index contributed by atoms with van der Waals surface area (Å²) in [7, 11) is 0. The molecule has 5 rings (SSSR count). The fourth-order valence-corrected chi connectivity index (χ4v) is 5.65. The Kier molecular flexibility index (Phi) is 5.18. The lowest BCUT2D eigenvalue weighted by Crippen LogP contribution is -2.63. The van der Waals surface area contributed by atoms with E-state index in [0.29, 0.717) is 19.1 Å². The van der Waals surface area contributed by atoms with Gasteiger partial charge in [-0.2, -0.15) is 0 Å². The standard InChI is InChI=1S/C18H25ClN6O2S/c19-25-9-14(23-3-5-27-6-4-23)18-15(10-25)28-17(21-18)12-22-7-13(8-22)24-2-1-20-16(26)11-24/h9,13H,1-8,10-12H2,(H,20,26). The number of fused-ring (bicyclic) bond motifs is 1. The van der Waals surface area contributed by atoms with Gasteiger partial charge in [0, 0.05) is 63.3 Å². The molecule has 0 aliphatic carbocycles. The molecule has 0 atom stereocenters. The smallest absolute Gasteiger partial charge is 0.234 e. The summed E-state index contributed by atoms with van der Waals surface area (Å²) in [5.74, 6) is 0.144. The molecule has 3 saturated heterocycles. The van der Waals surface area contributed by atoms with Crippen molar-refractivity contribution in [1.82, 2.24) is 29.4 Å². The number of carbonyl (C=O) groups is 1. The number of piperazine rings is 1. The molecule has 1 amide bonds. The van der Waals surface area contributed by atoms with E-state index in [1.807, 2.05) is 6.20 Å². The largest absolute Gasteiger partial charge is 0.378 e. The zero-order valence-electron chi connectivity index (χ0n) is 15.8. The lowest BCUT2D eigenvalue weighted by atomic mass is 10.1. The number of rotatable bonds is 4. The number of morpholine rings is 1. The van der Waals surface area contributed by atoms with E-state index >= 15 is 0 Å². The summed E-state index contributed by atoms with van der Waals surface area (Å²) in [4.78, 5) is 24.8. The molecule has 8 nitrogen and oxygen atoms in total. The van der Waals surface area contributed by atoms with Crippen LogP contribution in [0.25, 0.3) is 5.70 Å². The first-order valence-electron chi connectivity index (χ1n) is 9.85. The molecule has 1 N–H and O–H groups in total. The van der Waals surface area contributed by atoms with E-state index in [-0.39, 0.29) is 5.91 Å². The molecule has 3 fully saturated rings. The first kappa shape index (κ1) is 18.6. The van der Waals surface area contributed by atoms with Crippen LogP contribution >= 0.6 is 23.1 Å². The van der Waals surface area contributed by atoms with Gasteiger partial charge in [-0.25, -0.2) is 4.98 Å². The van der Waals surface area contributed by atoms with Gasteiger partial charge in [0.05, 0.1) is 43.4 Å². The van der Waals surface area contributed by atoms with Crippen molar-refractivity contribution >= 4 is 34.7 Å². The van der Waals surface area contributed by atoms with Crippen LogP contribution < -0.4 is 5.32 Å². The van der Waals surface area contributed by atoms with Crippen molar-refractivity contribution in [2.24, 2.45) is 0 Å². The molecule has 10 heteroatoms. The normalized spacial score (nSPS) is 24.6. The molecule has 0 bridgehead atoms. The monoisotopic (exact) mass is 424 g/mol. The number of hydrogen-bond donors (Lipinski definition) is 1. The summed E-state index contributed by atoms with van der Waals surface area (Å²) in [6.07, 6.45) is 2.00. The molecule has 4 aliphatic heterocycles. The van der Waals surface area contributed by atoms with Crippen molar-refractivity contribution in [3.8, 4) is 0 Å². The van der Waals surface area contributed by atoms with Gasteiger partial charge in [-0.05, 0) is 0 Å². The van der Waals surface area contributed by atoms with Gasteiger partial charge in [0.1, 0.15) is 10.7 Å². The number of thiazole rings is 1. The summed E-state index contributed by atoms with van der Waals surface area (Å²) in [6, 6.07) is 0.489. The van der Waals surface area contributed by atoms with Crippen LogP contribution in [0, 0.1) is 0 Å². The van der Waals surface area contributed by atoms with Crippen LogP contribution in [0.1, 0.15) is 15.6 Å². The van der Waals surface area contributed by atoms with E-state index in [0.717, 1.165) is 75.4 Å². The highest BCUT2D eigenvalue weighted by atomic mass is 35.5.